The molecule has 1 aromatic rings. The molecule has 0 aliphatic heterocycles. The first-order valence-corrected chi connectivity index (χ1v) is 7.38. The van der Waals surface area contributed by atoms with Crippen LogP contribution in [0.2, 0.25) is 0 Å². The van der Waals surface area contributed by atoms with Gasteiger partial charge >= 0.3 is 0 Å². The highest BCUT2D eigenvalue weighted by atomic mass is 32.2. The average Bonchev–Trinajstić information content (AvgIpc) is 2.14. The predicted octanol–water partition coefficient (Wildman–Crippen LogP) is 1.30. The standard InChI is InChI=1S/C11H17FN2O2S/c1-8(7-17(3,15)16)14-9(2)10-4-11(12)6-13-5-10/h4-6,8-9,14H,7H2,1-3H3. The van der Waals surface area contributed by atoms with Gasteiger partial charge in [0.2, 0.25) is 0 Å². The Hall–Kier alpha value is -1.01. The Labute approximate surface area is 101 Å². The van der Waals surface area contributed by atoms with Gasteiger partial charge in [0.1, 0.15) is 15.7 Å². The van der Waals surface area contributed by atoms with Crippen LogP contribution in [0, 0.1) is 5.82 Å². The van der Waals surface area contributed by atoms with E-state index in [0.29, 0.717) is 5.56 Å². The molecule has 0 aliphatic rings. The fourth-order valence-corrected chi connectivity index (χ4v) is 2.69. The van der Waals surface area contributed by atoms with Crippen LogP contribution in [0.3, 0.4) is 0 Å². The molecule has 0 spiro atoms. The minimum absolute atomic E-state index is 0.0556. The Bertz CT molecular complexity index is 476. The number of sulfone groups is 1. The van der Waals surface area contributed by atoms with Crippen molar-refractivity contribution in [2.45, 2.75) is 25.9 Å². The lowest BCUT2D eigenvalue weighted by Crippen LogP contribution is -2.34. The molecule has 0 bridgehead atoms. The molecule has 0 aromatic carbocycles. The Morgan fingerprint density at radius 3 is 2.59 bits per heavy atom. The van der Waals surface area contributed by atoms with Gasteiger partial charge in [0.15, 0.2) is 0 Å². The summed E-state index contributed by atoms with van der Waals surface area (Å²) in [5, 5.41) is 3.09. The van der Waals surface area contributed by atoms with E-state index in [0.717, 1.165) is 6.20 Å². The lowest BCUT2D eigenvalue weighted by molar-refractivity contribution is 0.496. The topological polar surface area (TPSA) is 59.1 Å². The largest absolute Gasteiger partial charge is 0.307 e. The quantitative estimate of drug-likeness (QED) is 0.867. The number of rotatable bonds is 5. The van der Waals surface area contributed by atoms with Gasteiger partial charge in [-0.15, -0.1) is 0 Å². The zero-order chi connectivity index (χ0) is 13.1. The van der Waals surface area contributed by atoms with Crippen LogP contribution in [0.25, 0.3) is 0 Å². The molecule has 0 fully saturated rings. The van der Waals surface area contributed by atoms with Gasteiger partial charge in [-0.1, -0.05) is 0 Å². The molecule has 4 nitrogen and oxygen atoms in total. The van der Waals surface area contributed by atoms with Crippen molar-refractivity contribution in [2.75, 3.05) is 12.0 Å². The number of nitrogens with zero attached hydrogens (tertiary/aromatic N) is 1. The summed E-state index contributed by atoms with van der Waals surface area (Å²) in [6.45, 7) is 3.62. The van der Waals surface area contributed by atoms with Gasteiger partial charge in [-0.25, -0.2) is 12.8 Å². The normalized spacial score (nSPS) is 15.5. The van der Waals surface area contributed by atoms with Crippen molar-refractivity contribution >= 4 is 9.84 Å². The van der Waals surface area contributed by atoms with Gasteiger partial charge in [-0.3, -0.25) is 4.98 Å². The first kappa shape index (κ1) is 14.1. The summed E-state index contributed by atoms with van der Waals surface area (Å²) in [4.78, 5) is 3.75. The zero-order valence-electron chi connectivity index (χ0n) is 10.1. The molecule has 2 unspecified atom stereocenters. The summed E-state index contributed by atoms with van der Waals surface area (Å²) in [5.41, 5.74) is 0.699. The lowest BCUT2D eigenvalue weighted by Gasteiger charge is -2.19. The van der Waals surface area contributed by atoms with Crippen molar-refractivity contribution in [2.24, 2.45) is 0 Å². The van der Waals surface area contributed by atoms with Crippen molar-refractivity contribution in [3.63, 3.8) is 0 Å². The smallest absolute Gasteiger partial charge is 0.148 e. The van der Waals surface area contributed by atoms with Crippen LogP contribution in [-0.4, -0.2) is 31.5 Å². The van der Waals surface area contributed by atoms with E-state index >= 15 is 0 Å². The number of aromatic nitrogens is 1. The molecule has 1 heterocycles. The third-order valence-electron chi connectivity index (χ3n) is 2.31. The van der Waals surface area contributed by atoms with Gasteiger partial charge in [0, 0.05) is 24.5 Å². The van der Waals surface area contributed by atoms with Gasteiger partial charge in [0.25, 0.3) is 0 Å². The maximum Gasteiger partial charge on any atom is 0.148 e. The molecular formula is C11H17FN2O2S. The first-order valence-electron chi connectivity index (χ1n) is 5.32. The van der Waals surface area contributed by atoms with E-state index in [-0.39, 0.29) is 17.8 Å². The number of pyridine rings is 1. The summed E-state index contributed by atoms with van der Waals surface area (Å²) in [6, 6.07) is 1.05. The Morgan fingerprint density at radius 2 is 2.06 bits per heavy atom. The summed E-state index contributed by atoms with van der Waals surface area (Å²) < 4.78 is 35.2. The number of halogens is 1. The zero-order valence-corrected chi connectivity index (χ0v) is 11.0. The van der Waals surface area contributed by atoms with Crippen LogP contribution in [0.5, 0.6) is 0 Å². The second-order valence-corrected chi connectivity index (χ2v) is 6.50. The van der Waals surface area contributed by atoms with E-state index in [2.05, 4.69) is 10.3 Å². The number of hydrogen-bond donors (Lipinski definition) is 1. The summed E-state index contributed by atoms with van der Waals surface area (Å²) in [6.07, 6.45) is 3.89. The molecule has 0 amide bonds. The van der Waals surface area contributed by atoms with Crippen molar-refractivity contribution in [3.8, 4) is 0 Å². The van der Waals surface area contributed by atoms with E-state index in [1.165, 1.54) is 12.3 Å². The van der Waals surface area contributed by atoms with Gasteiger partial charge in [-0.2, -0.15) is 0 Å². The fraction of sp³-hybridized carbons (Fsp3) is 0.545. The van der Waals surface area contributed by atoms with Crippen LogP contribution in [-0.2, 0) is 9.84 Å². The molecule has 0 saturated heterocycles. The Morgan fingerprint density at radius 1 is 1.41 bits per heavy atom. The molecule has 1 rings (SSSR count). The maximum absolute atomic E-state index is 12.9. The fourth-order valence-electron chi connectivity index (χ4n) is 1.69. The van der Waals surface area contributed by atoms with E-state index in [9.17, 15) is 12.8 Å². The molecule has 2 atom stereocenters. The molecule has 0 radical (unpaired) electrons. The minimum atomic E-state index is -3.01. The van der Waals surface area contributed by atoms with Crippen LogP contribution >= 0.6 is 0 Å². The second-order valence-electron chi connectivity index (χ2n) is 4.32. The predicted molar refractivity (Wildman–Crippen MR) is 64.9 cm³/mol. The monoisotopic (exact) mass is 260 g/mol. The Kier molecular flexibility index (Phi) is 4.59. The minimum Gasteiger partial charge on any atom is -0.307 e. The van der Waals surface area contributed by atoms with Crippen molar-refractivity contribution in [3.05, 3.63) is 29.8 Å². The average molecular weight is 260 g/mol. The lowest BCUT2D eigenvalue weighted by atomic mass is 10.1. The number of hydrogen-bond acceptors (Lipinski definition) is 4. The van der Waals surface area contributed by atoms with E-state index < -0.39 is 15.7 Å². The Balaban J connectivity index is 2.63. The maximum atomic E-state index is 12.9. The van der Waals surface area contributed by atoms with E-state index in [1.54, 1.807) is 13.1 Å². The summed E-state index contributed by atoms with van der Waals surface area (Å²) in [7, 11) is -3.01. The highest BCUT2D eigenvalue weighted by molar-refractivity contribution is 7.90. The van der Waals surface area contributed by atoms with Gasteiger partial charge in [-0.05, 0) is 25.5 Å². The molecule has 0 saturated carbocycles. The first-order chi connectivity index (χ1) is 7.78. The molecule has 6 heteroatoms. The van der Waals surface area contributed by atoms with Crippen molar-refractivity contribution in [1.29, 1.82) is 0 Å². The van der Waals surface area contributed by atoms with Crippen LogP contribution in [0.15, 0.2) is 18.5 Å². The molecule has 96 valence electrons. The third-order valence-corrected chi connectivity index (χ3v) is 3.42. The summed E-state index contributed by atoms with van der Waals surface area (Å²) in [5.74, 6) is -0.341. The van der Waals surface area contributed by atoms with E-state index in [4.69, 9.17) is 0 Å². The highest BCUT2D eigenvalue weighted by Gasteiger charge is 2.14. The molecule has 1 N–H and O–H groups in total. The van der Waals surface area contributed by atoms with Gasteiger partial charge < -0.3 is 5.32 Å². The SMILES string of the molecule is CC(CS(C)(=O)=O)NC(C)c1cncc(F)c1. The van der Waals surface area contributed by atoms with Crippen LogP contribution in [0.1, 0.15) is 25.5 Å². The third kappa shape index (κ3) is 5.23. The second kappa shape index (κ2) is 5.55. The van der Waals surface area contributed by atoms with Crippen molar-refractivity contribution in [1.82, 2.24) is 10.3 Å². The number of nitrogens with one attached hydrogen (secondary N) is 1. The van der Waals surface area contributed by atoms with Crippen LogP contribution in [0.4, 0.5) is 4.39 Å². The summed E-state index contributed by atoms with van der Waals surface area (Å²) >= 11 is 0. The highest BCUT2D eigenvalue weighted by Crippen LogP contribution is 2.12. The van der Waals surface area contributed by atoms with E-state index in [1.807, 2.05) is 6.92 Å². The molecule has 17 heavy (non-hydrogen) atoms. The van der Waals surface area contributed by atoms with Crippen molar-refractivity contribution < 1.29 is 12.8 Å². The van der Waals surface area contributed by atoms with Crippen LogP contribution < -0.4 is 5.32 Å². The molecular weight excluding hydrogens is 243 g/mol. The molecule has 1 aromatic heterocycles. The van der Waals surface area contributed by atoms with Gasteiger partial charge in [0.05, 0.1) is 11.9 Å². The molecule has 0 aliphatic carbocycles.